The van der Waals surface area contributed by atoms with Crippen LogP contribution in [0.5, 0.6) is 0 Å². The molecule has 1 saturated carbocycles. The molecule has 1 aliphatic heterocycles. The van der Waals surface area contributed by atoms with Gasteiger partial charge in [0.05, 0.1) is 17.5 Å². The largest absolute Gasteiger partial charge is 0.372 e. The molecule has 1 amide bonds. The van der Waals surface area contributed by atoms with Crippen molar-refractivity contribution in [2.75, 3.05) is 23.3 Å². The summed E-state index contributed by atoms with van der Waals surface area (Å²) in [7, 11) is -3.36. The van der Waals surface area contributed by atoms with Gasteiger partial charge in [0.15, 0.2) is 11.6 Å². The zero-order valence-corrected chi connectivity index (χ0v) is 19.8. The fourth-order valence-corrected chi connectivity index (χ4v) is 5.36. The Bertz CT molecular complexity index is 900. The molecule has 0 spiro atoms. The van der Waals surface area contributed by atoms with Crippen molar-refractivity contribution in [3.63, 3.8) is 0 Å². The summed E-state index contributed by atoms with van der Waals surface area (Å²) in [5.41, 5.74) is -0.0336. The number of hydrogen-bond donors (Lipinski definition) is 2. The van der Waals surface area contributed by atoms with Crippen LogP contribution in [0.25, 0.3) is 0 Å². The second kappa shape index (κ2) is 10.0. The van der Waals surface area contributed by atoms with Crippen molar-refractivity contribution in [1.29, 1.82) is 0 Å². The highest BCUT2D eigenvalue weighted by atomic mass is 32.2. The molecule has 2 aliphatic rings. The number of nitrogens with one attached hydrogen (secondary N) is 2. The molecule has 2 atom stereocenters. The molecule has 0 radical (unpaired) electrons. The smallest absolute Gasteiger partial charge is 0.227 e. The van der Waals surface area contributed by atoms with Crippen molar-refractivity contribution >= 4 is 27.3 Å². The van der Waals surface area contributed by atoms with Gasteiger partial charge in [-0.25, -0.2) is 21.9 Å². The molecule has 0 unspecified atom stereocenters. The third-order valence-electron chi connectivity index (χ3n) is 6.07. The maximum absolute atomic E-state index is 14.8. The molecule has 32 heavy (non-hydrogen) atoms. The van der Waals surface area contributed by atoms with Crippen LogP contribution >= 0.6 is 0 Å². The molecule has 1 saturated heterocycles. The number of halogens is 2. The first-order chi connectivity index (χ1) is 15.0. The molecule has 0 aromatic heterocycles. The van der Waals surface area contributed by atoms with Crippen LogP contribution in [-0.4, -0.2) is 50.9 Å². The minimum Gasteiger partial charge on any atom is -0.372 e. The first kappa shape index (κ1) is 24.9. The summed E-state index contributed by atoms with van der Waals surface area (Å²) in [6, 6.07) is 2.09. The Morgan fingerprint density at radius 2 is 1.59 bits per heavy atom. The summed E-state index contributed by atoms with van der Waals surface area (Å²) in [5.74, 6) is -2.10. The van der Waals surface area contributed by atoms with Gasteiger partial charge in [-0.1, -0.05) is 0 Å². The number of anilines is 2. The van der Waals surface area contributed by atoms with E-state index >= 15 is 0 Å². The number of nitrogens with zero attached hydrogens (tertiary/aromatic N) is 1. The number of amides is 1. The number of sulfonamides is 1. The Hall–Kier alpha value is -1.78. The molecular weight excluding hydrogens is 440 g/mol. The zero-order chi connectivity index (χ0) is 23.6. The third kappa shape index (κ3) is 5.96. The van der Waals surface area contributed by atoms with Gasteiger partial charge in [-0.15, -0.1) is 0 Å². The van der Waals surface area contributed by atoms with Crippen LogP contribution in [0.1, 0.15) is 53.4 Å². The van der Waals surface area contributed by atoms with E-state index in [-0.39, 0.29) is 41.4 Å². The first-order valence-corrected chi connectivity index (χ1v) is 12.7. The maximum Gasteiger partial charge on any atom is 0.227 e. The van der Waals surface area contributed by atoms with E-state index in [1.54, 1.807) is 18.7 Å². The zero-order valence-electron chi connectivity index (χ0n) is 19.0. The molecule has 2 fully saturated rings. The normalized spacial score (nSPS) is 26.9. The van der Waals surface area contributed by atoms with Gasteiger partial charge in [-0.05, 0) is 65.5 Å². The van der Waals surface area contributed by atoms with Crippen molar-refractivity contribution in [3.8, 4) is 0 Å². The molecule has 1 heterocycles. The number of ether oxygens (including phenoxy) is 1. The van der Waals surface area contributed by atoms with Crippen LogP contribution in [-0.2, 0) is 19.6 Å². The molecule has 1 aliphatic carbocycles. The van der Waals surface area contributed by atoms with Crippen LogP contribution in [0.15, 0.2) is 12.1 Å². The van der Waals surface area contributed by atoms with E-state index < -0.39 is 26.9 Å². The van der Waals surface area contributed by atoms with Crippen LogP contribution in [0.3, 0.4) is 0 Å². The minimum absolute atomic E-state index is 0.0748. The highest BCUT2D eigenvalue weighted by molar-refractivity contribution is 7.90. The Morgan fingerprint density at radius 3 is 2.09 bits per heavy atom. The first-order valence-electron chi connectivity index (χ1n) is 11.2. The fraction of sp³-hybridized carbons (Fsp3) is 0.682. The molecule has 1 aromatic carbocycles. The summed E-state index contributed by atoms with van der Waals surface area (Å²) in [4.78, 5) is 14.3. The monoisotopic (exact) mass is 473 g/mol. The number of rotatable bonds is 6. The molecule has 7 nitrogen and oxygen atoms in total. The lowest BCUT2D eigenvalue weighted by Gasteiger charge is -2.37. The van der Waals surface area contributed by atoms with Crippen LogP contribution in [0.2, 0.25) is 0 Å². The number of carbonyl (C=O) groups excluding carboxylic acids is 1. The average molecular weight is 474 g/mol. The van der Waals surface area contributed by atoms with E-state index in [9.17, 15) is 22.0 Å². The lowest BCUT2D eigenvalue weighted by Crippen LogP contribution is -2.46. The number of carbonyl (C=O) groups is 1. The van der Waals surface area contributed by atoms with E-state index in [0.29, 0.717) is 38.8 Å². The summed E-state index contributed by atoms with van der Waals surface area (Å²) < 4.78 is 61.9. The number of hydrogen-bond acceptors (Lipinski definition) is 5. The molecule has 3 rings (SSSR count). The van der Waals surface area contributed by atoms with Crippen LogP contribution in [0, 0.1) is 17.6 Å². The molecule has 180 valence electrons. The summed E-state index contributed by atoms with van der Waals surface area (Å²) in [6.45, 7) is 7.71. The van der Waals surface area contributed by atoms with E-state index in [1.807, 2.05) is 13.8 Å². The number of benzene rings is 1. The standard InChI is InChI=1S/C22H33F2N3O4S/c1-13(2)32(29,30)26-17-7-5-16(6-8-17)22(28)25-18-9-19(23)21(20(24)10-18)27-11-14(3)31-15(4)12-27/h9-10,13-17,26H,5-8,11-12H2,1-4H3,(H,25,28)/t14-,15+,16?,17?. The van der Waals surface area contributed by atoms with E-state index in [4.69, 9.17) is 4.74 Å². The second-order valence-corrected chi connectivity index (χ2v) is 11.5. The summed E-state index contributed by atoms with van der Waals surface area (Å²) in [6.07, 6.45) is 1.81. The van der Waals surface area contributed by atoms with E-state index in [1.165, 1.54) is 0 Å². The Morgan fingerprint density at radius 1 is 1.06 bits per heavy atom. The molecule has 1 aromatic rings. The Labute approximate surface area is 188 Å². The summed E-state index contributed by atoms with van der Waals surface area (Å²) >= 11 is 0. The SMILES string of the molecule is CC(C)S(=O)(=O)NC1CCC(C(=O)Nc2cc(F)c(N3C[C@@H](C)O[C@@H](C)C3)c(F)c2)CC1. The second-order valence-electron chi connectivity index (χ2n) is 9.20. The average Bonchev–Trinajstić information content (AvgIpc) is 2.66. The van der Waals surface area contributed by atoms with Gasteiger partial charge in [0.2, 0.25) is 15.9 Å². The third-order valence-corrected chi connectivity index (χ3v) is 7.97. The minimum atomic E-state index is -3.36. The van der Waals surface area contributed by atoms with E-state index in [2.05, 4.69) is 10.0 Å². The number of morpholine rings is 1. The molecule has 0 bridgehead atoms. The van der Waals surface area contributed by atoms with Crippen molar-refractivity contribution in [3.05, 3.63) is 23.8 Å². The van der Waals surface area contributed by atoms with Gasteiger partial charge < -0.3 is 15.0 Å². The van der Waals surface area contributed by atoms with Gasteiger partial charge >= 0.3 is 0 Å². The highest BCUT2D eigenvalue weighted by Crippen LogP contribution is 2.31. The lowest BCUT2D eigenvalue weighted by atomic mass is 9.86. The van der Waals surface area contributed by atoms with Gasteiger partial charge in [0, 0.05) is 30.7 Å². The predicted octanol–water partition coefficient (Wildman–Crippen LogP) is 3.40. The van der Waals surface area contributed by atoms with Gasteiger partial charge in [0.25, 0.3) is 0 Å². The molecule has 2 N–H and O–H groups in total. The van der Waals surface area contributed by atoms with Crippen LogP contribution in [0.4, 0.5) is 20.2 Å². The van der Waals surface area contributed by atoms with Crippen molar-refractivity contribution in [2.45, 2.75) is 76.9 Å². The topological polar surface area (TPSA) is 87.7 Å². The predicted molar refractivity (Wildman–Crippen MR) is 120 cm³/mol. The molecule has 10 heteroatoms. The van der Waals surface area contributed by atoms with Crippen molar-refractivity contribution < 1.29 is 26.7 Å². The lowest BCUT2D eigenvalue weighted by molar-refractivity contribution is -0.120. The quantitative estimate of drug-likeness (QED) is 0.661. The Balaban J connectivity index is 1.60. The Kier molecular flexibility index (Phi) is 7.77. The fourth-order valence-electron chi connectivity index (χ4n) is 4.39. The highest BCUT2D eigenvalue weighted by Gasteiger charge is 2.31. The molecular formula is C22H33F2N3O4S. The van der Waals surface area contributed by atoms with Gasteiger partial charge in [-0.3, -0.25) is 4.79 Å². The van der Waals surface area contributed by atoms with Crippen LogP contribution < -0.4 is 14.9 Å². The summed E-state index contributed by atoms with van der Waals surface area (Å²) in [5, 5.41) is 2.11. The van der Waals surface area contributed by atoms with Crippen molar-refractivity contribution in [1.82, 2.24) is 4.72 Å². The van der Waals surface area contributed by atoms with Gasteiger partial charge in [0.1, 0.15) is 5.69 Å². The van der Waals surface area contributed by atoms with E-state index in [0.717, 1.165) is 12.1 Å². The van der Waals surface area contributed by atoms with Gasteiger partial charge in [-0.2, -0.15) is 0 Å². The van der Waals surface area contributed by atoms with Crippen molar-refractivity contribution in [2.24, 2.45) is 5.92 Å². The maximum atomic E-state index is 14.8.